The molecule has 2 rings (SSSR count). The van der Waals surface area contributed by atoms with E-state index in [1.54, 1.807) is 19.1 Å². The zero-order valence-electron chi connectivity index (χ0n) is 12.9. The van der Waals surface area contributed by atoms with Crippen LogP contribution in [-0.2, 0) is 14.8 Å². The molecule has 23 heavy (non-hydrogen) atoms. The lowest BCUT2D eigenvalue weighted by Crippen LogP contribution is -2.29. The molecule has 0 aliphatic rings. The number of carbonyl (C=O) groups excluding carboxylic acids is 1. The van der Waals surface area contributed by atoms with Gasteiger partial charge in [-0.1, -0.05) is 0 Å². The van der Waals surface area contributed by atoms with E-state index in [1.165, 1.54) is 20.2 Å². The molecule has 0 saturated carbocycles. The first-order valence-electron chi connectivity index (χ1n) is 6.82. The zero-order chi connectivity index (χ0) is 17.2. The predicted molar refractivity (Wildman–Crippen MR) is 82.8 cm³/mol. The van der Waals surface area contributed by atoms with Crippen LogP contribution in [0.4, 0.5) is 10.1 Å². The molecule has 0 fully saturated rings. The Kier molecular flexibility index (Phi) is 4.86. The highest BCUT2D eigenvalue weighted by Crippen LogP contribution is 2.28. The third-order valence-electron chi connectivity index (χ3n) is 3.43. The number of anilines is 1. The van der Waals surface area contributed by atoms with Gasteiger partial charge < -0.3 is 9.73 Å². The maximum absolute atomic E-state index is 13.7. The Labute approximate surface area is 134 Å². The van der Waals surface area contributed by atoms with Crippen molar-refractivity contribution in [2.75, 3.05) is 12.4 Å². The number of hydrogen-bond donors (Lipinski definition) is 1. The first-order valence-corrected chi connectivity index (χ1v) is 8.26. The van der Waals surface area contributed by atoms with Crippen molar-refractivity contribution in [1.29, 1.82) is 0 Å². The molecule has 0 aliphatic carbocycles. The average molecular weight is 340 g/mol. The highest BCUT2D eigenvalue weighted by Gasteiger charge is 2.28. The highest BCUT2D eigenvalue weighted by molar-refractivity contribution is 7.89. The molecule has 0 aliphatic heterocycles. The molecule has 1 N–H and O–H groups in total. The fourth-order valence-electron chi connectivity index (χ4n) is 2.03. The maximum Gasteiger partial charge on any atom is 0.243 e. The van der Waals surface area contributed by atoms with Gasteiger partial charge in [-0.15, -0.1) is 0 Å². The van der Waals surface area contributed by atoms with E-state index in [-0.39, 0.29) is 10.6 Å². The van der Waals surface area contributed by atoms with Crippen LogP contribution in [0.15, 0.2) is 45.9 Å². The van der Waals surface area contributed by atoms with Gasteiger partial charge >= 0.3 is 0 Å². The van der Waals surface area contributed by atoms with Crippen molar-refractivity contribution in [1.82, 2.24) is 4.31 Å². The number of nitrogens with zero attached hydrogens (tertiary/aromatic N) is 1. The lowest BCUT2D eigenvalue weighted by Gasteiger charge is -2.23. The Bertz CT molecular complexity index is 803. The van der Waals surface area contributed by atoms with Crippen molar-refractivity contribution in [3.05, 3.63) is 48.2 Å². The van der Waals surface area contributed by atoms with Crippen LogP contribution < -0.4 is 5.32 Å². The summed E-state index contributed by atoms with van der Waals surface area (Å²) in [5.74, 6) is -0.711. The second kappa shape index (κ2) is 6.51. The van der Waals surface area contributed by atoms with Crippen LogP contribution in [0.2, 0.25) is 0 Å². The van der Waals surface area contributed by atoms with E-state index in [1.807, 2.05) is 0 Å². The number of rotatable bonds is 5. The quantitative estimate of drug-likeness (QED) is 0.907. The molecule has 6 nitrogen and oxygen atoms in total. The minimum absolute atomic E-state index is 0.122. The minimum Gasteiger partial charge on any atom is -0.468 e. The third kappa shape index (κ3) is 3.59. The van der Waals surface area contributed by atoms with Crippen molar-refractivity contribution in [3.8, 4) is 0 Å². The molecule has 0 bridgehead atoms. The molecular formula is C15H17FN2O4S. The Morgan fingerprint density at radius 2 is 2.04 bits per heavy atom. The van der Waals surface area contributed by atoms with Gasteiger partial charge in [0, 0.05) is 14.0 Å². The number of sulfonamides is 1. The van der Waals surface area contributed by atoms with Crippen molar-refractivity contribution in [2.45, 2.75) is 24.8 Å². The second-order valence-corrected chi connectivity index (χ2v) is 7.03. The van der Waals surface area contributed by atoms with E-state index >= 15 is 0 Å². The first-order chi connectivity index (χ1) is 10.7. The Morgan fingerprint density at radius 3 is 2.61 bits per heavy atom. The summed E-state index contributed by atoms with van der Waals surface area (Å²) in [6.45, 7) is 2.89. The summed E-state index contributed by atoms with van der Waals surface area (Å²) in [4.78, 5) is 11.0. The summed E-state index contributed by atoms with van der Waals surface area (Å²) in [5, 5.41) is 2.27. The van der Waals surface area contributed by atoms with Gasteiger partial charge in [-0.25, -0.2) is 12.8 Å². The number of hydrogen-bond acceptors (Lipinski definition) is 4. The van der Waals surface area contributed by atoms with E-state index < -0.39 is 27.8 Å². The summed E-state index contributed by atoms with van der Waals surface area (Å²) >= 11 is 0. The molecule has 0 radical (unpaired) electrons. The number of carbonyl (C=O) groups is 1. The van der Waals surface area contributed by atoms with Gasteiger partial charge in [-0.2, -0.15) is 4.31 Å². The molecule has 1 aromatic heterocycles. The Balaban J connectivity index is 2.37. The van der Waals surface area contributed by atoms with Crippen molar-refractivity contribution >= 4 is 21.6 Å². The first kappa shape index (κ1) is 17.2. The van der Waals surface area contributed by atoms with Gasteiger partial charge in [-0.05, 0) is 37.3 Å². The molecule has 8 heteroatoms. The van der Waals surface area contributed by atoms with E-state index in [0.29, 0.717) is 5.76 Å². The molecule has 0 spiro atoms. The summed E-state index contributed by atoms with van der Waals surface area (Å²) in [6.07, 6.45) is 1.46. The van der Waals surface area contributed by atoms with E-state index in [9.17, 15) is 17.6 Å². The van der Waals surface area contributed by atoms with E-state index in [4.69, 9.17) is 4.42 Å². The van der Waals surface area contributed by atoms with Gasteiger partial charge in [0.15, 0.2) is 0 Å². The molecule has 1 unspecified atom stereocenters. The van der Waals surface area contributed by atoms with Crippen LogP contribution in [0.5, 0.6) is 0 Å². The molecule has 124 valence electrons. The van der Waals surface area contributed by atoms with Gasteiger partial charge in [-0.3, -0.25) is 4.79 Å². The van der Waals surface area contributed by atoms with Crippen LogP contribution in [-0.4, -0.2) is 25.7 Å². The lowest BCUT2D eigenvalue weighted by molar-refractivity contribution is -0.114. The second-order valence-electron chi connectivity index (χ2n) is 5.04. The topological polar surface area (TPSA) is 79.6 Å². The third-order valence-corrected chi connectivity index (χ3v) is 5.35. The smallest absolute Gasteiger partial charge is 0.243 e. The summed E-state index contributed by atoms with van der Waals surface area (Å²) in [6, 6.07) is 6.05. The SMILES string of the molecule is CC(=O)Nc1cc(S(=O)(=O)N(C)C(C)c2ccco2)ccc1F. The van der Waals surface area contributed by atoms with Crippen LogP contribution in [0.1, 0.15) is 25.6 Å². The van der Waals surface area contributed by atoms with Crippen LogP contribution >= 0.6 is 0 Å². The number of nitrogens with one attached hydrogen (secondary N) is 1. The van der Waals surface area contributed by atoms with Crippen molar-refractivity contribution in [3.63, 3.8) is 0 Å². The Hall–Kier alpha value is -2.19. The van der Waals surface area contributed by atoms with Crippen molar-refractivity contribution < 1.29 is 22.0 Å². The molecular weight excluding hydrogens is 323 g/mol. The molecule has 1 heterocycles. The van der Waals surface area contributed by atoms with Gasteiger partial charge in [0.25, 0.3) is 0 Å². The van der Waals surface area contributed by atoms with Crippen LogP contribution in [0, 0.1) is 5.82 Å². The summed E-state index contributed by atoms with van der Waals surface area (Å²) in [7, 11) is -2.48. The minimum atomic E-state index is -3.88. The summed E-state index contributed by atoms with van der Waals surface area (Å²) < 4.78 is 45.3. The standard InChI is InChI=1S/C15H17FN2O4S/c1-10(15-5-4-8-22-15)18(3)23(20,21)12-6-7-13(16)14(9-12)17-11(2)19/h4-10H,1-3H3,(H,17,19). The van der Waals surface area contributed by atoms with Crippen LogP contribution in [0.3, 0.4) is 0 Å². The number of amides is 1. The number of benzene rings is 1. The molecule has 1 aromatic carbocycles. The fraction of sp³-hybridized carbons (Fsp3) is 0.267. The molecule has 0 saturated heterocycles. The molecule has 1 amide bonds. The normalized spacial score (nSPS) is 13.1. The Morgan fingerprint density at radius 1 is 1.35 bits per heavy atom. The highest BCUT2D eigenvalue weighted by atomic mass is 32.2. The van der Waals surface area contributed by atoms with Crippen molar-refractivity contribution in [2.24, 2.45) is 0 Å². The fourth-order valence-corrected chi connectivity index (χ4v) is 3.39. The number of furan rings is 1. The lowest BCUT2D eigenvalue weighted by atomic mass is 10.3. The maximum atomic E-state index is 13.7. The van der Waals surface area contributed by atoms with E-state index in [0.717, 1.165) is 22.5 Å². The predicted octanol–water partition coefficient (Wildman–Crippen LogP) is 2.76. The van der Waals surface area contributed by atoms with Crippen LogP contribution in [0.25, 0.3) is 0 Å². The average Bonchev–Trinajstić information content (AvgIpc) is 3.01. The monoisotopic (exact) mass is 340 g/mol. The number of halogens is 1. The van der Waals surface area contributed by atoms with Gasteiger partial charge in [0.05, 0.1) is 22.9 Å². The van der Waals surface area contributed by atoms with Gasteiger partial charge in [0.2, 0.25) is 15.9 Å². The molecule has 1 atom stereocenters. The largest absolute Gasteiger partial charge is 0.468 e. The molecule has 2 aromatic rings. The van der Waals surface area contributed by atoms with Gasteiger partial charge in [0.1, 0.15) is 11.6 Å². The zero-order valence-corrected chi connectivity index (χ0v) is 13.7. The van der Waals surface area contributed by atoms with E-state index in [2.05, 4.69) is 5.32 Å². The summed E-state index contributed by atoms with van der Waals surface area (Å²) in [5.41, 5.74) is -0.183.